The molecule has 3 atom stereocenters. The molecule has 0 saturated carbocycles. The van der Waals surface area contributed by atoms with Gasteiger partial charge in [-0.2, -0.15) is 0 Å². The Kier molecular flexibility index (Phi) is 6.72. The number of hydrogen-bond donors (Lipinski definition) is 3. The average molecular weight is 500 g/mol. The number of halogens is 1. The lowest BCUT2D eigenvalue weighted by Gasteiger charge is -2.50. The molecular formula is C30H26FNO3S. The van der Waals surface area contributed by atoms with Crippen LogP contribution in [0, 0.1) is 11.7 Å². The number of rotatable bonds is 7. The number of benzene rings is 4. The Morgan fingerprint density at radius 2 is 1.50 bits per heavy atom. The molecule has 0 aliphatic carbocycles. The number of aliphatic hydroxyl groups excluding tert-OH is 1. The van der Waals surface area contributed by atoms with Gasteiger partial charge >= 0.3 is 0 Å². The summed E-state index contributed by atoms with van der Waals surface area (Å²) in [7, 11) is 0. The van der Waals surface area contributed by atoms with Crippen molar-refractivity contribution in [3.63, 3.8) is 0 Å². The molecule has 0 bridgehead atoms. The van der Waals surface area contributed by atoms with E-state index < -0.39 is 6.10 Å². The Morgan fingerprint density at radius 3 is 2.17 bits per heavy atom. The van der Waals surface area contributed by atoms with E-state index in [-0.39, 0.29) is 29.3 Å². The largest absolute Gasteiger partial charge is 0.508 e. The minimum atomic E-state index is -0.748. The first kappa shape index (κ1) is 24.0. The lowest BCUT2D eigenvalue weighted by atomic mass is 9.78. The lowest BCUT2D eigenvalue weighted by Crippen LogP contribution is -2.54. The van der Waals surface area contributed by atoms with Crippen molar-refractivity contribution in [2.24, 2.45) is 5.92 Å². The maximum atomic E-state index is 13.3. The molecule has 0 radical (unpaired) electrons. The molecule has 36 heavy (non-hydrogen) atoms. The molecule has 1 fully saturated rings. The first-order chi connectivity index (χ1) is 17.4. The second kappa shape index (κ2) is 10.1. The summed E-state index contributed by atoms with van der Waals surface area (Å²) in [5, 5.41) is 31.1. The predicted molar refractivity (Wildman–Crippen MR) is 144 cm³/mol. The molecule has 0 unspecified atom stereocenters. The van der Waals surface area contributed by atoms with E-state index in [4.69, 9.17) is 12.2 Å². The molecule has 5 rings (SSSR count). The fraction of sp³-hybridized carbons (Fsp3) is 0.167. The van der Waals surface area contributed by atoms with E-state index in [2.05, 4.69) is 12.1 Å². The number of thiocarbonyl (C=S) groups is 1. The summed E-state index contributed by atoms with van der Waals surface area (Å²) < 4.78 is 13.3. The van der Waals surface area contributed by atoms with Crippen molar-refractivity contribution in [3.05, 3.63) is 114 Å². The number of aliphatic hydroxyl groups is 1. The van der Waals surface area contributed by atoms with Gasteiger partial charge in [0.25, 0.3) is 0 Å². The maximum Gasteiger partial charge on any atom is 0.124 e. The summed E-state index contributed by atoms with van der Waals surface area (Å²) in [4.78, 5) is 2.75. The number of phenolic OH excluding ortho intramolecular Hbond substituents is 2. The minimum absolute atomic E-state index is 0.00233. The highest BCUT2D eigenvalue weighted by Gasteiger charge is 2.46. The van der Waals surface area contributed by atoms with E-state index in [1.54, 1.807) is 24.3 Å². The zero-order valence-corrected chi connectivity index (χ0v) is 20.3. The molecule has 3 N–H and O–H groups in total. The van der Waals surface area contributed by atoms with Crippen LogP contribution < -0.4 is 4.90 Å². The summed E-state index contributed by atoms with van der Waals surface area (Å²) >= 11 is 5.83. The summed E-state index contributed by atoms with van der Waals surface area (Å²) in [5.41, 5.74) is 4.44. The molecule has 4 nitrogen and oxygen atoms in total. The van der Waals surface area contributed by atoms with Crippen molar-refractivity contribution in [2.45, 2.75) is 25.0 Å². The van der Waals surface area contributed by atoms with Gasteiger partial charge in [-0.15, -0.1) is 0 Å². The first-order valence-electron chi connectivity index (χ1n) is 11.9. The third-order valence-electron chi connectivity index (χ3n) is 6.81. The van der Waals surface area contributed by atoms with Gasteiger partial charge < -0.3 is 20.2 Å². The highest BCUT2D eigenvalue weighted by molar-refractivity contribution is 7.80. The van der Waals surface area contributed by atoms with Gasteiger partial charge in [0, 0.05) is 23.2 Å². The Bertz CT molecular complexity index is 1360. The van der Waals surface area contributed by atoms with Crippen LogP contribution in [0.1, 0.15) is 36.1 Å². The molecule has 0 aromatic heterocycles. The molecule has 6 heteroatoms. The van der Waals surface area contributed by atoms with Crippen LogP contribution in [0.4, 0.5) is 10.1 Å². The fourth-order valence-corrected chi connectivity index (χ4v) is 5.36. The molecule has 1 aliphatic heterocycles. The fourth-order valence-electron chi connectivity index (χ4n) is 4.89. The van der Waals surface area contributed by atoms with E-state index in [0.717, 1.165) is 21.8 Å². The number of hydrogen-bond acceptors (Lipinski definition) is 4. The maximum absolute atomic E-state index is 13.3. The van der Waals surface area contributed by atoms with Crippen LogP contribution >= 0.6 is 12.2 Å². The highest BCUT2D eigenvalue weighted by atomic mass is 32.1. The molecule has 0 amide bonds. The number of phenols is 2. The average Bonchev–Trinajstić information content (AvgIpc) is 2.89. The van der Waals surface area contributed by atoms with Gasteiger partial charge in [-0.1, -0.05) is 66.8 Å². The Balaban J connectivity index is 1.40. The normalized spacial score (nSPS) is 18.1. The van der Waals surface area contributed by atoms with Crippen LogP contribution in [0.15, 0.2) is 97.1 Å². The van der Waals surface area contributed by atoms with Gasteiger partial charge in [-0.25, -0.2) is 4.39 Å². The van der Waals surface area contributed by atoms with Crippen molar-refractivity contribution in [1.29, 1.82) is 0 Å². The molecular weight excluding hydrogens is 473 g/mol. The molecule has 1 saturated heterocycles. The van der Waals surface area contributed by atoms with Crippen molar-refractivity contribution in [1.82, 2.24) is 0 Å². The molecule has 182 valence electrons. The standard InChI is InChI=1S/C30H26FNO3S/c31-22-10-6-21(7-11-22)27(34)17-16-26-29(25-15-14-24(33)18-28(25)35)32(30(26)36)23-12-8-20(9-13-23)19-4-2-1-3-5-19/h1-15,18,26-27,29,33-35H,16-17H2/t26-,27+,29-/m1/s1. The van der Waals surface area contributed by atoms with Crippen LogP contribution in [0.5, 0.6) is 11.5 Å². The van der Waals surface area contributed by atoms with Gasteiger partial charge in [0.05, 0.1) is 17.1 Å². The van der Waals surface area contributed by atoms with Crippen molar-refractivity contribution in [2.75, 3.05) is 4.90 Å². The number of nitrogens with zero attached hydrogens (tertiary/aromatic N) is 1. The van der Waals surface area contributed by atoms with E-state index >= 15 is 0 Å². The van der Waals surface area contributed by atoms with Crippen molar-refractivity contribution >= 4 is 22.9 Å². The van der Waals surface area contributed by atoms with E-state index in [1.807, 2.05) is 47.4 Å². The zero-order chi connectivity index (χ0) is 25.2. The van der Waals surface area contributed by atoms with Crippen LogP contribution in [0.3, 0.4) is 0 Å². The topological polar surface area (TPSA) is 63.9 Å². The first-order valence-corrected chi connectivity index (χ1v) is 12.3. The van der Waals surface area contributed by atoms with Gasteiger partial charge in [0.15, 0.2) is 0 Å². The highest BCUT2D eigenvalue weighted by Crippen LogP contribution is 2.49. The summed E-state index contributed by atoms with van der Waals surface area (Å²) in [6.07, 6.45) is 0.273. The van der Waals surface area contributed by atoms with E-state index in [0.29, 0.717) is 24.0 Å². The second-order valence-corrected chi connectivity index (χ2v) is 9.48. The van der Waals surface area contributed by atoms with Crippen LogP contribution in [0.2, 0.25) is 0 Å². The van der Waals surface area contributed by atoms with Gasteiger partial charge in [0.1, 0.15) is 17.3 Å². The Hall–Kier alpha value is -3.74. The SMILES string of the molecule is Oc1ccc([C@@H]2[C@@H](CC[C@H](O)c3ccc(F)cc3)C(=S)N2c2ccc(-c3ccccc3)cc2)c(O)c1. The second-order valence-electron chi connectivity index (χ2n) is 9.06. The quantitative estimate of drug-likeness (QED) is 0.241. The molecule has 1 heterocycles. The third-order valence-corrected chi connectivity index (χ3v) is 7.30. The van der Waals surface area contributed by atoms with Gasteiger partial charge in [-0.05, 0) is 65.9 Å². The molecule has 4 aromatic carbocycles. The molecule has 4 aromatic rings. The zero-order valence-electron chi connectivity index (χ0n) is 19.5. The van der Waals surface area contributed by atoms with Crippen LogP contribution in [-0.2, 0) is 0 Å². The van der Waals surface area contributed by atoms with Crippen LogP contribution in [-0.4, -0.2) is 20.3 Å². The van der Waals surface area contributed by atoms with Crippen molar-refractivity contribution < 1.29 is 19.7 Å². The number of anilines is 1. The van der Waals surface area contributed by atoms with Gasteiger partial charge in [0.2, 0.25) is 0 Å². The van der Waals surface area contributed by atoms with Crippen molar-refractivity contribution in [3.8, 4) is 22.6 Å². The van der Waals surface area contributed by atoms with Gasteiger partial charge in [-0.3, -0.25) is 0 Å². The third kappa shape index (κ3) is 4.70. The van der Waals surface area contributed by atoms with E-state index in [1.165, 1.54) is 18.2 Å². The monoisotopic (exact) mass is 499 g/mol. The Labute approximate surface area is 214 Å². The summed E-state index contributed by atoms with van der Waals surface area (Å²) in [5.74, 6) is -0.458. The summed E-state index contributed by atoms with van der Waals surface area (Å²) in [6, 6.07) is 28.4. The molecule has 0 spiro atoms. The Morgan fingerprint density at radius 1 is 0.833 bits per heavy atom. The molecule has 1 aliphatic rings. The lowest BCUT2D eigenvalue weighted by molar-refractivity contribution is 0.157. The minimum Gasteiger partial charge on any atom is -0.508 e. The summed E-state index contributed by atoms with van der Waals surface area (Å²) in [6.45, 7) is 0. The smallest absolute Gasteiger partial charge is 0.124 e. The predicted octanol–water partition coefficient (Wildman–Crippen LogP) is 6.92. The van der Waals surface area contributed by atoms with Crippen LogP contribution in [0.25, 0.3) is 11.1 Å². The number of aromatic hydroxyl groups is 2. The van der Waals surface area contributed by atoms with E-state index in [9.17, 15) is 19.7 Å².